The lowest BCUT2D eigenvalue weighted by Gasteiger charge is -2.21. The van der Waals surface area contributed by atoms with Gasteiger partial charge >= 0.3 is 6.09 Å². The summed E-state index contributed by atoms with van der Waals surface area (Å²) in [4.78, 5) is 29.1. The van der Waals surface area contributed by atoms with Crippen molar-refractivity contribution in [3.05, 3.63) is 64.6 Å². The van der Waals surface area contributed by atoms with Crippen molar-refractivity contribution < 1.29 is 14.3 Å². The number of aromatic nitrogens is 1. The predicted octanol–water partition coefficient (Wildman–Crippen LogP) is 5.72. The maximum Gasteiger partial charge on any atom is 0.412 e. The smallest absolute Gasteiger partial charge is 0.412 e. The van der Waals surface area contributed by atoms with Crippen LogP contribution in [0, 0.1) is 6.92 Å². The summed E-state index contributed by atoms with van der Waals surface area (Å²) in [5.41, 5.74) is 3.52. The van der Waals surface area contributed by atoms with Crippen molar-refractivity contribution in [3.63, 3.8) is 0 Å². The van der Waals surface area contributed by atoms with Gasteiger partial charge in [-0.25, -0.2) is 4.79 Å². The minimum atomic E-state index is -0.627. The molecule has 0 saturated heterocycles. The van der Waals surface area contributed by atoms with Gasteiger partial charge in [0, 0.05) is 11.9 Å². The first-order chi connectivity index (χ1) is 13.7. The predicted molar refractivity (Wildman–Crippen MR) is 117 cm³/mol. The van der Waals surface area contributed by atoms with Crippen LogP contribution in [-0.2, 0) is 4.74 Å². The lowest BCUT2D eigenvalue weighted by molar-refractivity contribution is 0.0635. The van der Waals surface area contributed by atoms with Crippen molar-refractivity contribution in [3.8, 4) is 11.1 Å². The van der Waals surface area contributed by atoms with E-state index < -0.39 is 11.7 Å². The summed E-state index contributed by atoms with van der Waals surface area (Å²) in [6, 6.07) is 10.9. The van der Waals surface area contributed by atoms with Crippen molar-refractivity contribution in [1.29, 1.82) is 0 Å². The second kappa shape index (κ2) is 8.45. The normalized spacial score (nSPS) is 11.0. The molecule has 3 rings (SSSR count). The number of nitrogens with one attached hydrogen (secondary N) is 2. The molecule has 2 heterocycles. The van der Waals surface area contributed by atoms with Gasteiger partial charge in [-0.15, -0.1) is 0 Å². The zero-order valence-electron chi connectivity index (χ0n) is 16.8. The summed E-state index contributed by atoms with van der Waals surface area (Å²) in [6.07, 6.45) is 0.933. The van der Waals surface area contributed by atoms with Crippen molar-refractivity contribution in [2.24, 2.45) is 0 Å². The van der Waals surface area contributed by atoms with Gasteiger partial charge in [0.1, 0.15) is 5.60 Å². The molecule has 0 aliphatic rings. The molecule has 150 valence electrons. The van der Waals surface area contributed by atoms with E-state index >= 15 is 0 Å². The summed E-state index contributed by atoms with van der Waals surface area (Å²) < 4.78 is 5.33. The molecule has 1 aromatic carbocycles. The molecule has 0 atom stereocenters. The average molecular weight is 410 g/mol. The molecular formula is C22H23N3O3S. The van der Waals surface area contributed by atoms with E-state index in [0.717, 1.165) is 16.8 Å². The Hall–Kier alpha value is -3.19. The van der Waals surface area contributed by atoms with Crippen LogP contribution in [0.4, 0.5) is 16.2 Å². The van der Waals surface area contributed by atoms with Crippen LogP contribution in [0.1, 0.15) is 36.8 Å². The molecule has 0 bridgehead atoms. The van der Waals surface area contributed by atoms with Crippen molar-refractivity contribution in [1.82, 2.24) is 4.98 Å². The van der Waals surface area contributed by atoms with E-state index in [2.05, 4.69) is 15.6 Å². The van der Waals surface area contributed by atoms with E-state index in [0.29, 0.717) is 16.9 Å². The van der Waals surface area contributed by atoms with E-state index in [4.69, 9.17) is 4.74 Å². The van der Waals surface area contributed by atoms with Crippen LogP contribution in [0.25, 0.3) is 11.1 Å². The Morgan fingerprint density at radius 2 is 1.79 bits per heavy atom. The van der Waals surface area contributed by atoms with E-state index in [1.165, 1.54) is 6.20 Å². The third-order valence-corrected chi connectivity index (χ3v) is 4.61. The third kappa shape index (κ3) is 5.65. The van der Waals surface area contributed by atoms with E-state index in [1.54, 1.807) is 50.3 Å². The number of nitrogens with zero attached hydrogens (tertiary/aromatic N) is 1. The van der Waals surface area contributed by atoms with Gasteiger partial charge in [0.15, 0.2) is 0 Å². The van der Waals surface area contributed by atoms with Crippen LogP contribution < -0.4 is 10.6 Å². The Labute approximate surface area is 173 Å². The molecule has 0 aliphatic heterocycles. The fraction of sp³-hybridized carbons (Fsp3) is 0.227. The third-order valence-electron chi connectivity index (χ3n) is 3.93. The number of rotatable bonds is 4. The maximum atomic E-state index is 12.7. The second-order valence-electron chi connectivity index (χ2n) is 7.54. The molecule has 3 aromatic rings. The summed E-state index contributed by atoms with van der Waals surface area (Å²) >= 11 is 1.59. The van der Waals surface area contributed by atoms with E-state index in [9.17, 15) is 9.59 Å². The average Bonchev–Trinajstić information content (AvgIpc) is 3.16. The number of aryl methyl sites for hydroxylation is 1. The number of benzene rings is 1. The summed E-state index contributed by atoms with van der Waals surface area (Å²) in [5.74, 6) is -0.313. The molecule has 0 unspecified atom stereocenters. The lowest BCUT2D eigenvalue weighted by Crippen LogP contribution is -2.27. The minimum absolute atomic E-state index is 0.313. The molecular weight excluding hydrogens is 386 g/mol. The standard InChI is InChI=1S/C22H23N3O3S/c1-14-5-6-16(12-23-14)20(26)24-19-11-15(17-9-10-29-13-17)7-8-18(19)25-21(27)28-22(2,3)4/h5-13H,1-4H3,(H,24,26)(H,25,27). The summed E-state index contributed by atoms with van der Waals surface area (Å²) in [7, 11) is 0. The number of hydrogen-bond acceptors (Lipinski definition) is 5. The fourth-order valence-electron chi connectivity index (χ4n) is 2.58. The monoisotopic (exact) mass is 409 g/mol. The fourth-order valence-corrected chi connectivity index (χ4v) is 3.24. The number of hydrogen-bond donors (Lipinski definition) is 2. The van der Waals surface area contributed by atoms with Crippen LogP contribution in [0.2, 0.25) is 0 Å². The van der Waals surface area contributed by atoms with Crippen LogP contribution in [0.3, 0.4) is 0 Å². The molecule has 2 aromatic heterocycles. The summed E-state index contributed by atoms with van der Waals surface area (Å²) in [5, 5.41) is 9.59. The zero-order valence-corrected chi connectivity index (χ0v) is 17.6. The first-order valence-electron chi connectivity index (χ1n) is 9.12. The molecule has 0 saturated carbocycles. The maximum absolute atomic E-state index is 12.7. The summed E-state index contributed by atoms with van der Waals surface area (Å²) in [6.45, 7) is 7.23. The Morgan fingerprint density at radius 3 is 2.41 bits per heavy atom. The minimum Gasteiger partial charge on any atom is -0.444 e. The highest BCUT2D eigenvalue weighted by Gasteiger charge is 2.18. The van der Waals surface area contributed by atoms with Gasteiger partial charge in [-0.2, -0.15) is 11.3 Å². The second-order valence-corrected chi connectivity index (χ2v) is 8.32. The Kier molecular flexibility index (Phi) is 5.98. The zero-order chi connectivity index (χ0) is 21.0. The first kappa shape index (κ1) is 20.5. The Bertz CT molecular complexity index is 1010. The van der Waals surface area contributed by atoms with Gasteiger partial charge in [0.05, 0.1) is 16.9 Å². The molecule has 2 amide bonds. The number of anilines is 2. The molecule has 0 fully saturated rings. The van der Waals surface area contributed by atoms with E-state index in [-0.39, 0.29) is 5.91 Å². The highest BCUT2D eigenvalue weighted by atomic mass is 32.1. The Balaban J connectivity index is 1.90. The highest BCUT2D eigenvalue weighted by Crippen LogP contribution is 2.31. The number of amides is 2. The van der Waals surface area contributed by atoms with Crippen LogP contribution in [-0.4, -0.2) is 22.6 Å². The van der Waals surface area contributed by atoms with Gasteiger partial charge < -0.3 is 10.1 Å². The lowest BCUT2D eigenvalue weighted by atomic mass is 10.1. The highest BCUT2D eigenvalue weighted by molar-refractivity contribution is 7.08. The SMILES string of the molecule is Cc1ccc(C(=O)Nc2cc(-c3ccsc3)ccc2NC(=O)OC(C)(C)C)cn1. The van der Waals surface area contributed by atoms with Crippen LogP contribution in [0.15, 0.2) is 53.4 Å². The van der Waals surface area contributed by atoms with Crippen LogP contribution in [0.5, 0.6) is 0 Å². The molecule has 0 aliphatic carbocycles. The molecule has 2 N–H and O–H groups in total. The van der Waals surface area contributed by atoms with Gasteiger partial charge in [-0.3, -0.25) is 15.1 Å². The molecule has 0 radical (unpaired) electrons. The quantitative estimate of drug-likeness (QED) is 0.578. The number of carbonyl (C=O) groups excluding carboxylic acids is 2. The van der Waals surface area contributed by atoms with Gasteiger partial charge in [0.2, 0.25) is 0 Å². The topological polar surface area (TPSA) is 80.3 Å². The largest absolute Gasteiger partial charge is 0.444 e. The number of ether oxygens (including phenoxy) is 1. The van der Waals surface area contributed by atoms with Gasteiger partial charge in [0.25, 0.3) is 5.91 Å². The molecule has 0 spiro atoms. The van der Waals surface area contributed by atoms with Crippen LogP contribution >= 0.6 is 11.3 Å². The number of pyridine rings is 1. The van der Waals surface area contributed by atoms with Crippen molar-refractivity contribution in [2.75, 3.05) is 10.6 Å². The number of thiophene rings is 1. The van der Waals surface area contributed by atoms with Crippen molar-refractivity contribution in [2.45, 2.75) is 33.3 Å². The van der Waals surface area contributed by atoms with Gasteiger partial charge in [-0.05, 0) is 79.9 Å². The first-order valence-corrected chi connectivity index (χ1v) is 10.1. The van der Waals surface area contributed by atoms with E-state index in [1.807, 2.05) is 35.9 Å². The van der Waals surface area contributed by atoms with Gasteiger partial charge in [-0.1, -0.05) is 6.07 Å². The number of carbonyl (C=O) groups is 2. The molecule has 6 nitrogen and oxygen atoms in total. The van der Waals surface area contributed by atoms with Crippen molar-refractivity contribution >= 4 is 34.7 Å². The molecule has 29 heavy (non-hydrogen) atoms. The molecule has 7 heteroatoms. The Morgan fingerprint density at radius 1 is 1.00 bits per heavy atom.